The van der Waals surface area contributed by atoms with E-state index in [1.807, 2.05) is 21.1 Å². The Balaban J connectivity index is 4.48. The molecular weight excluding hydrogens is 677 g/mol. The summed E-state index contributed by atoms with van der Waals surface area (Å²) >= 11 is 0. The molecule has 0 aromatic heterocycles. The third kappa shape index (κ3) is 37.5. The zero-order valence-corrected chi connectivity index (χ0v) is 34.4. The largest absolute Gasteiger partial charge is 0.472 e. The summed E-state index contributed by atoms with van der Waals surface area (Å²) in [5, 5.41) is 0. The molecule has 10 heteroatoms. The molecule has 0 heterocycles. The van der Waals surface area contributed by atoms with Crippen LogP contribution < -0.4 is 0 Å². The molecule has 300 valence electrons. The highest BCUT2D eigenvalue weighted by atomic mass is 31.2. The van der Waals surface area contributed by atoms with Crippen LogP contribution in [0.25, 0.3) is 0 Å². The van der Waals surface area contributed by atoms with Crippen LogP contribution in [0.2, 0.25) is 0 Å². The van der Waals surface area contributed by atoms with Gasteiger partial charge in [-0.1, -0.05) is 120 Å². The van der Waals surface area contributed by atoms with Gasteiger partial charge in [0.25, 0.3) is 0 Å². The van der Waals surface area contributed by atoms with Crippen LogP contribution in [0.1, 0.15) is 142 Å². The predicted molar refractivity (Wildman–Crippen MR) is 215 cm³/mol. The molecule has 0 radical (unpaired) electrons. The fourth-order valence-electron chi connectivity index (χ4n) is 4.89. The zero-order valence-electron chi connectivity index (χ0n) is 33.5. The van der Waals surface area contributed by atoms with Gasteiger partial charge in [-0.25, -0.2) is 4.57 Å². The molecule has 52 heavy (non-hydrogen) atoms. The second kappa shape index (κ2) is 34.5. The van der Waals surface area contributed by atoms with E-state index in [1.54, 1.807) is 0 Å². The highest BCUT2D eigenvalue weighted by molar-refractivity contribution is 7.47. The molecule has 0 spiro atoms. The minimum Gasteiger partial charge on any atom is -0.462 e. The Morgan fingerprint density at radius 1 is 0.615 bits per heavy atom. The van der Waals surface area contributed by atoms with E-state index in [4.69, 9.17) is 18.5 Å². The van der Waals surface area contributed by atoms with Crippen LogP contribution in [0, 0.1) is 0 Å². The van der Waals surface area contributed by atoms with Gasteiger partial charge in [0.1, 0.15) is 19.8 Å². The Morgan fingerprint density at radius 3 is 1.63 bits per heavy atom. The molecule has 0 saturated heterocycles. The summed E-state index contributed by atoms with van der Waals surface area (Å²) in [7, 11) is 1.44. The predicted octanol–water partition coefficient (Wildman–Crippen LogP) is 10.9. The number of phosphoric acid groups is 1. The van der Waals surface area contributed by atoms with E-state index in [2.05, 4.69) is 74.6 Å². The number of allylic oxidation sites excluding steroid dienone is 10. The van der Waals surface area contributed by atoms with Crippen molar-refractivity contribution in [3.05, 3.63) is 60.8 Å². The number of likely N-dealkylation sites (N-methyl/N-ethyl adjacent to an activating group) is 1. The van der Waals surface area contributed by atoms with E-state index in [0.29, 0.717) is 23.9 Å². The third-order valence-electron chi connectivity index (χ3n) is 8.01. The summed E-state index contributed by atoms with van der Waals surface area (Å²) in [5.41, 5.74) is 0. The first-order chi connectivity index (χ1) is 25.0. The normalized spacial score (nSPS) is 14.3. The fourth-order valence-corrected chi connectivity index (χ4v) is 5.63. The molecule has 0 aliphatic carbocycles. The van der Waals surface area contributed by atoms with Crippen LogP contribution in [0.4, 0.5) is 0 Å². The molecule has 1 N–H and O–H groups in total. The topological polar surface area (TPSA) is 108 Å². The van der Waals surface area contributed by atoms with Crippen LogP contribution >= 0.6 is 7.82 Å². The molecule has 0 aliphatic rings. The molecule has 0 aromatic carbocycles. The molecule has 2 atom stereocenters. The summed E-state index contributed by atoms with van der Waals surface area (Å²) in [4.78, 5) is 35.2. The van der Waals surface area contributed by atoms with Crippen LogP contribution in [-0.4, -0.2) is 74.9 Å². The smallest absolute Gasteiger partial charge is 0.462 e. The van der Waals surface area contributed by atoms with E-state index in [9.17, 15) is 19.0 Å². The van der Waals surface area contributed by atoms with Gasteiger partial charge in [0, 0.05) is 12.8 Å². The van der Waals surface area contributed by atoms with Gasteiger partial charge >= 0.3 is 19.8 Å². The van der Waals surface area contributed by atoms with Gasteiger partial charge in [0.2, 0.25) is 0 Å². The molecule has 0 fully saturated rings. The molecule has 9 nitrogen and oxygen atoms in total. The quantitative estimate of drug-likeness (QED) is 0.0224. The molecule has 0 amide bonds. The first kappa shape index (κ1) is 49.7. The van der Waals surface area contributed by atoms with Crippen molar-refractivity contribution in [2.24, 2.45) is 0 Å². The monoisotopic (exact) mass is 753 g/mol. The summed E-state index contributed by atoms with van der Waals surface area (Å²) in [6.07, 6.45) is 39.8. The first-order valence-corrected chi connectivity index (χ1v) is 21.5. The van der Waals surface area contributed by atoms with E-state index >= 15 is 0 Å². The lowest BCUT2D eigenvalue weighted by molar-refractivity contribution is -0.870. The number of unbranched alkanes of at least 4 members (excludes halogenated alkanes) is 11. The number of rotatable bonds is 35. The van der Waals surface area contributed by atoms with Gasteiger partial charge in [0.05, 0.1) is 27.7 Å². The summed E-state index contributed by atoms with van der Waals surface area (Å²) in [5.74, 6) is -0.843. The second-order valence-corrected chi connectivity index (χ2v) is 15.7. The Labute approximate surface area is 317 Å². The van der Waals surface area contributed by atoms with Gasteiger partial charge in [-0.2, -0.15) is 0 Å². The van der Waals surface area contributed by atoms with Crippen molar-refractivity contribution < 1.29 is 42.1 Å². The molecule has 2 unspecified atom stereocenters. The summed E-state index contributed by atoms with van der Waals surface area (Å²) in [6, 6.07) is 0. The Morgan fingerprint density at radius 2 is 1.10 bits per heavy atom. The number of phosphoric ester groups is 1. The van der Waals surface area contributed by atoms with Gasteiger partial charge in [-0.15, -0.1) is 0 Å². The number of carbonyl (C=O) groups is 2. The Kier molecular flexibility index (Phi) is 33.0. The number of hydrogen-bond donors (Lipinski definition) is 1. The summed E-state index contributed by atoms with van der Waals surface area (Å²) in [6.45, 7) is 4.18. The maximum absolute atomic E-state index is 12.6. The first-order valence-electron chi connectivity index (χ1n) is 20.0. The van der Waals surface area contributed by atoms with Crippen LogP contribution in [0.15, 0.2) is 60.8 Å². The lowest BCUT2D eigenvalue weighted by Gasteiger charge is -2.24. The van der Waals surface area contributed by atoms with Crippen molar-refractivity contribution >= 4 is 19.8 Å². The number of ether oxygens (including phenoxy) is 2. The molecule has 0 bridgehead atoms. The zero-order chi connectivity index (χ0) is 38.6. The molecular formula is C42H75NO8P+. The lowest BCUT2D eigenvalue weighted by Crippen LogP contribution is -2.37. The number of hydrogen-bond acceptors (Lipinski definition) is 7. The average molecular weight is 753 g/mol. The van der Waals surface area contributed by atoms with Crippen molar-refractivity contribution in [3.63, 3.8) is 0 Å². The number of quaternary nitrogens is 1. The minimum absolute atomic E-state index is 0.0228. The van der Waals surface area contributed by atoms with E-state index in [-0.39, 0.29) is 26.1 Å². The third-order valence-corrected chi connectivity index (χ3v) is 9.00. The number of esters is 2. The van der Waals surface area contributed by atoms with E-state index in [1.165, 1.54) is 6.42 Å². The van der Waals surface area contributed by atoms with Crippen molar-refractivity contribution in [2.45, 2.75) is 148 Å². The van der Waals surface area contributed by atoms with Gasteiger partial charge < -0.3 is 18.9 Å². The number of nitrogens with zero attached hydrogens (tertiary/aromatic N) is 1. The van der Waals surface area contributed by atoms with Crippen molar-refractivity contribution in [2.75, 3.05) is 47.5 Å². The maximum Gasteiger partial charge on any atom is 0.472 e. The van der Waals surface area contributed by atoms with Gasteiger partial charge in [-0.05, 0) is 70.6 Å². The van der Waals surface area contributed by atoms with Crippen molar-refractivity contribution in [1.82, 2.24) is 0 Å². The van der Waals surface area contributed by atoms with Crippen molar-refractivity contribution in [1.29, 1.82) is 0 Å². The molecule has 0 aromatic rings. The average Bonchev–Trinajstić information content (AvgIpc) is 3.09. The molecule has 0 saturated carbocycles. The molecule has 0 aliphatic heterocycles. The van der Waals surface area contributed by atoms with Crippen LogP contribution in [0.5, 0.6) is 0 Å². The second-order valence-electron chi connectivity index (χ2n) is 14.3. The standard InChI is InChI=1S/C42H74NO8P/c1-6-8-10-12-14-16-18-20-21-23-25-27-29-31-33-35-42(45)51-40(39-50-52(46,47)49-37-36-43(3,4)5)38-48-41(44)34-32-30-28-26-24-22-19-17-15-13-11-9-7-2/h8,10-11,13-14,16-17,19-21,40H,6-7,9,12,15,18,22-39H2,1-5H3/p+1/b10-8-,13-11-,16-14-,19-17-,21-20-. The van der Waals surface area contributed by atoms with Crippen LogP contribution in [0.3, 0.4) is 0 Å². The molecule has 0 rings (SSSR count). The number of carbonyl (C=O) groups excluding carboxylic acids is 2. The minimum atomic E-state index is -4.38. The van der Waals surface area contributed by atoms with Gasteiger partial charge in [-0.3, -0.25) is 18.6 Å². The van der Waals surface area contributed by atoms with Crippen molar-refractivity contribution in [3.8, 4) is 0 Å². The van der Waals surface area contributed by atoms with Gasteiger partial charge in [0.15, 0.2) is 6.10 Å². The van der Waals surface area contributed by atoms with Crippen LogP contribution in [-0.2, 0) is 32.7 Å². The highest BCUT2D eigenvalue weighted by Gasteiger charge is 2.27. The van der Waals surface area contributed by atoms with E-state index in [0.717, 1.165) is 96.3 Å². The lowest BCUT2D eigenvalue weighted by atomic mass is 10.1. The fraction of sp³-hybridized carbons (Fsp3) is 0.714. The summed E-state index contributed by atoms with van der Waals surface area (Å²) < 4.78 is 34.2. The Hall–Kier alpha value is -2.29. The maximum atomic E-state index is 12.6. The van der Waals surface area contributed by atoms with E-state index < -0.39 is 32.5 Å². The highest BCUT2D eigenvalue weighted by Crippen LogP contribution is 2.43. The Bertz CT molecular complexity index is 1080. The SMILES string of the molecule is CC/C=C\C/C=C\C/C=C\CCCCCCCC(=O)OC(COC(=O)CCCCCCC/C=C\C/C=C\CCC)COP(=O)(O)OCC[N+](C)(C)C.